The number of nitrogens with zero attached hydrogens (tertiary/aromatic N) is 3. The van der Waals surface area contributed by atoms with Gasteiger partial charge in [0.2, 0.25) is 5.82 Å². The van der Waals surface area contributed by atoms with Crippen LogP contribution in [0.15, 0.2) is 6.33 Å². The van der Waals surface area contributed by atoms with Crippen molar-refractivity contribution in [3.8, 4) is 0 Å². The molecule has 3 rings (SSSR count). The lowest BCUT2D eigenvalue weighted by atomic mass is 10.2. The van der Waals surface area contributed by atoms with E-state index in [1.807, 2.05) is 0 Å². The Balaban J connectivity index is 1.47. The minimum Gasteiger partial charge on any atom is -0.373 e. The third-order valence-corrected chi connectivity index (χ3v) is 3.58. The number of hydrogen-bond acceptors (Lipinski definition) is 5. The summed E-state index contributed by atoms with van der Waals surface area (Å²) >= 11 is 0. The van der Waals surface area contributed by atoms with Crippen molar-refractivity contribution >= 4 is 5.91 Å². The van der Waals surface area contributed by atoms with Gasteiger partial charge in [0.25, 0.3) is 5.91 Å². The van der Waals surface area contributed by atoms with Gasteiger partial charge in [-0.3, -0.25) is 14.8 Å². The van der Waals surface area contributed by atoms with Gasteiger partial charge < -0.3 is 10.1 Å². The zero-order chi connectivity index (χ0) is 12.4. The van der Waals surface area contributed by atoms with Crippen LogP contribution in [0, 0.1) is 0 Å². The summed E-state index contributed by atoms with van der Waals surface area (Å²) in [5.41, 5.74) is 0. The highest BCUT2D eigenvalue weighted by atomic mass is 16.5. The molecule has 98 valence electrons. The average Bonchev–Trinajstić information content (AvgIpc) is 3.05. The Morgan fingerprint density at radius 1 is 1.67 bits per heavy atom. The second-order valence-corrected chi connectivity index (χ2v) is 4.79. The lowest BCUT2D eigenvalue weighted by molar-refractivity contribution is -0.0462. The zero-order valence-corrected chi connectivity index (χ0v) is 10.1. The molecule has 0 saturated carbocycles. The number of fused-ring (bicyclic) bond motifs is 1. The second kappa shape index (κ2) is 5.03. The van der Waals surface area contributed by atoms with Crippen LogP contribution in [0.25, 0.3) is 0 Å². The van der Waals surface area contributed by atoms with Gasteiger partial charge >= 0.3 is 0 Å². The van der Waals surface area contributed by atoms with E-state index in [1.54, 1.807) is 0 Å². The summed E-state index contributed by atoms with van der Waals surface area (Å²) in [6.45, 7) is 3.35. The van der Waals surface area contributed by atoms with E-state index in [1.165, 1.54) is 19.2 Å². The van der Waals surface area contributed by atoms with Crippen molar-refractivity contribution in [3.05, 3.63) is 12.2 Å². The van der Waals surface area contributed by atoms with Crippen molar-refractivity contribution in [1.29, 1.82) is 0 Å². The Morgan fingerprint density at radius 3 is 3.44 bits per heavy atom. The van der Waals surface area contributed by atoms with E-state index in [4.69, 9.17) is 4.74 Å². The number of hydrogen-bond donors (Lipinski definition) is 2. The smallest absolute Gasteiger partial charge is 0.288 e. The van der Waals surface area contributed by atoms with Crippen LogP contribution in [-0.4, -0.2) is 64.4 Å². The molecule has 2 fully saturated rings. The number of morpholine rings is 1. The highest BCUT2D eigenvalue weighted by molar-refractivity contribution is 5.90. The number of amides is 1. The molecule has 0 aliphatic carbocycles. The number of aromatic amines is 1. The third kappa shape index (κ3) is 2.37. The average molecular weight is 251 g/mol. The standard InChI is InChI=1S/C11H17N5O2/c17-11(10-13-7-14-15-10)12-4-9-5-16-3-1-2-8(16)6-18-9/h7-9H,1-6H2,(H,12,17)(H,13,14,15). The molecule has 0 radical (unpaired) electrons. The van der Waals surface area contributed by atoms with E-state index < -0.39 is 0 Å². The van der Waals surface area contributed by atoms with Crippen LogP contribution >= 0.6 is 0 Å². The molecule has 7 heteroatoms. The highest BCUT2D eigenvalue weighted by Gasteiger charge is 2.32. The largest absolute Gasteiger partial charge is 0.373 e. The molecule has 3 heterocycles. The molecule has 18 heavy (non-hydrogen) atoms. The van der Waals surface area contributed by atoms with Crippen molar-refractivity contribution in [2.75, 3.05) is 26.2 Å². The van der Waals surface area contributed by atoms with Gasteiger partial charge in [0, 0.05) is 19.1 Å². The van der Waals surface area contributed by atoms with E-state index in [0.717, 1.165) is 19.7 Å². The molecule has 2 unspecified atom stereocenters. The molecule has 2 aliphatic heterocycles. The summed E-state index contributed by atoms with van der Waals surface area (Å²) < 4.78 is 5.76. The van der Waals surface area contributed by atoms with Gasteiger partial charge in [0.15, 0.2) is 0 Å². The normalized spacial score (nSPS) is 28.0. The van der Waals surface area contributed by atoms with Crippen LogP contribution in [0.2, 0.25) is 0 Å². The van der Waals surface area contributed by atoms with Crippen molar-refractivity contribution in [1.82, 2.24) is 25.4 Å². The minimum absolute atomic E-state index is 0.0752. The van der Waals surface area contributed by atoms with Gasteiger partial charge in [0.1, 0.15) is 6.33 Å². The van der Waals surface area contributed by atoms with Crippen molar-refractivity contribution in [2.45, 2.75) is 25.0 Å². The van der Waals surface area contributed by atoms with Crippen LogP contribution in [0.1, 0.15) is 23.5 Å². The Bertz CT molecular complexity index is 408. The fourth-order valence-electron chi connectivity index (χ4n) is 2.61. The van der Waals surface area contributed by atoms with Crippen molar-refractivity contribution in [3.63, 3.8) is 0 Å². The maximum Gasteiger partial charge on any atom is 0.288 e. The first-order valence-electron chi connectivity index (χ1n) is 6.32. The Hall–Kier alpha value is -1.47. The molecule has 1 aromatic rings. The quantitative estimate of drug-likeness (QED) is 0.749. The summed E-state index contributed by atoms with van der Waals surface area (Å²) in [6.07, 6.45) is 3.88. The fraction of sp³-hybridized carbons (Fsp3) is 0.727. The molecule has 2 saturated heterocycles. The van der Waals surface area contributed by atoms with Crippen LogP contribution < -0.4 is 5.32 Å². The van der Waals surface area contributed by atoms with Gasteiger partial charge in [-0.15, -0.1) is 0 Å². The van der Waals surface area contributed by atoms with E-state index in [2.05, 4.69) is 25.4 Å². The minimum atomic E-state index is -0.236. The Labute approximate surface area is 105 Å². The fourth-order valence-corrected chi connectivity index (χ4v) is 2.61. The second-order valence-electron chi connectivity index (χ2n) is 4.79. The molecule has 7 nitrogen and oxygen atoms in total. The molecule has 1 amide bonds. The lowest BCUT2D eigenvalue weighted by Gasteiger charge is -2.35. The van der Waals surface area contributed by atoms with E-state index in [0.29, 0.717) is 12.6 Å². The first kappa shape index (κ1) is 11.6. The topological polar surface area (TPSA) is 83.1 Å². The molecule has 1 aromatic heterocycles. The third-order valence-electron chi connectivity index (χ3n) is 3.58. The van der Waals surface area contributed by atoms with Crippen LogP contribution in [0.3, 0.4) is 0 Å². The monoisotopic (exact) mass is 251 g/mol. The van der Waals surface area contributed by atoms with Crippen LogP contribution in [0.4, 0.5) is 0 Å². The summed E-state index contributed by atoms with van der Waals surface area (Å²) in [5.74, 6) is 0.00417. The molecular weight excluding hydrogens is 234 g/mol. The summed E-state index contributed by atoms with van der Waals surface area (Å²) in [5, 5.41) is 8.99. The molecule has 0 bridgehead atoms. The summed E-state index contributed by atoms with van der Waals surface area (Å²) in [7, 11) is 0. The highest BCUT2D eigenvalue weighted by Crippen LogP contribution is 2.22. The summed E-state index contributed by atoms with van der Waals surface area (Å²) in [4.78, 5) is 17.9. The molecule has 0 spiro atoms. The van der Waals surface area contributed by atoms with Gasteiger partial charge in [0.05, 0.1) is 12.7 Å². The SMILES string of the molecule is O=C(NCC1CN2CCCC2CO1)c1ncn[nH]1. The first-order valence-corrected chi connectivity index (χ1v) is 6.32. The number of ether oxygens (including phenoxy) is 1. The van der Waals surface area contributed by atoms with Crippen LogP contribution in [-0.2, 0) is 4.74 Å². The number of nitrogens with one attached hydrogen (secondary N) is 2. The zero-order valence-electron chi connectivity index (χ0n) is 10.1. The van der Waals surface area contributed by atoms with Gasteiger partial charge in [-0.1, -0.05) is 0 Å². The van der Waals surface area contributed by atoms with Crippen LogP contribution in [0.5, 0.6) is 0 Å². The Morgan fingerprint density at radius 2 is 2.61 bits per heavy atom. The number of H-pyrrole nitrogens is 1. The summed E-state index contributed by atoms with van der Waals surface area (Å²) in [6, 6.07) is 0.589. The lowest BCUT2D eigenvalue weighted by Crippen LogP contribution is -2.50. The predicted octanol–water partition coefficient (Wildman–Crippen LogP) is -0.602. The number of carbonyl (C=O) groups is 1. The van der Waals surface area contributed by atoms with Crippen molar-refractivity contribution < 1.29 is 9.53 Å². The van der Waals surface area contributed by atoms with Gasteiger partial charge in [-0.05, 0) is 19.4 Å². The number of carbonyl (C=O) groups excluding carboxylic acids is 1. The van der Waals surface area contributed by atoms with E-state index >= 15 is 0 Å². The van der Waals surface area contributed by atoms with E-state index in [9.17, 15) is 4.79 Å². The van der Waals surface area contributed by atoms with Crippen molar-refractivity contribution in [2.24, 2.45) is 0 Å². The maximum atomic E-state index is 11.7. The maximum absolute atomic E-state index is 11.7. The molecule has 2 atom stereocenters. The number of rotatable bonds is 3. The van der Waals surface area contributed by atoms with Gasteiger partial charge in [-0.2, -0.15) is 5.10 Å². The molecular formula is C11H17N5O2. The predicted molar refractivity (Wildman–Crippen MR) is 63.1 cm³/mol. The molecule has 2 N–H and O–H groups in total. The van der Waals surface area contributed by atoms with Gasteiger partial charge in [-0.25, -0.2) is 4.98 Å². The van der Waals surface area contributed by atoms with E-state index in [-0.39, 0.29) is 17.8 Å². The first-order chi connectivity index (χ1) is 8.83. The molecule has 2 aliphatic rings. The molecule has 0 aromatic carbocycles. The number of aromatic nitrogens is 3. The Kier molecular flexibility index (Phi) is 3.24.